The first-order chi connectivity index (χ1) is 8.10. The van der Waals surface area contributed by atoms with Crippen molar-refractivity contribution in [1.82, 2.24) is 0 Å². The summed E-state index contributed by atoms with van der Waals surface area (Å²) in [6, 6.07) is 4.76. The molecule has 0 saturated heterocycles. The predicted molar refractivity (Wildman–Crippen MR) is 63.3 cm³/mol. The highest BCUT2D eigenvalue weighted by molar-refractivity contribution is 5.59. The third-order valence-electron chi connectivity index (χ3n) is 3.10. The summed E-state index contributed by atoms with van der Waals surface area (Å²) >= 11 is 0. The Kier molecular flexibility index (Phi) is 3.47. The van der Waals surface area contributed by atoms with Crippen molar-refractivity contribution in [2.75, 3.05) is 18.2 Å². The SMILES string of the molecule is COC1CC(Nc2ccc(N)cc2C(F)F)C1. The molecule has 94 valence electrons. The predicted octanol–water partition coefficient (Wildman–Crippen LogP) is 2.80. The van der Waals surface area contributed by atoms with E-state index in [2.05, 4.69) is 5.32 Å². The van der Waals surface area contributed by atoms with Crippen LogP contribution >= 0.6 is 0 Å². The number of ether oxygens (including phenoxy) is 1. The molecule has 5 heteroatoms. The molecule has 0 radical (unpaired) electrons. The van der Waals surface area contributed by atoms with Crippen LogP contribution in [0.25, 0.3) is 0 Å². The van der Waals surface area contributed by atoms with Crippen molar-refractivity contribution >= 4 is 11.4 Å². The van der Waals surface area contributed by atoms with Gasteiger partial charge >= 0.3 is 0 Å². The van der Waals surface area contributed by atoms with Crippen LogP contribution in [0.5, 0.6) is 0 Å². The van der Waals surface area contributed by atoms with Gasteiger partial charge in [0.2, 0.25) is 0 Å². The Morgan fingerprint density at radius 3 is 2.71 bits per heavy atom. The first-order valence-corrected chi connectivity index (χ1v) is 5.57. The molecule has 1 fully saturated rings. The van der Waals surface area contributed by atoms with Gasteiger partial charge in [0.15, 0.2) is 0 Å². The third kappa shape index (κ3) is 2.66. The quantitative estimate of drug-likeness (QED) is 0.798. The van der Waals surface area contributed by atoms with E-state index in [4.69, 9.17) is 10.5 Å². The zero-order valence-corrected chi connectivity index (χ0v) is 9.62. The van der Waals surface area contributed by atoms with Gasteiger partial charge in [-0.1, -0.05) is 0 Å². The topological polar surface area (TPSA) is 47.3 Å². The lowest BCUT2D eigenvalue weighted by molar-refractivity contribution is 0.0328. The Morgan fingerprint density at radius 2 is 2.12 bits per heavy atom. The second-order valence-electron chi connectivity index (χ2n) is 4.32. The van der Waals surface area contributed by atoms with Gasteiger partial charge in [-0.2, -0.15) is 0 Å². The van der Waals surface area contributed by atoms with Gasteiger partial charge in [0, 0.05) is 30.1 Å². The fraction of sp³-hybridized carbons (Fsp3) is 0.500. The third-order valence-corrected chi connectivity index (χ3v) is 3.10. The molecule has 2 rings (SSSR count). The van der Waals surface area contributed by atoms with Crippen LogP contribution < -0.4 is 11.1 Å². The number of nitrogen functional groups attached to an aromatic ring is 1. The fourth-order valence-electron chi connectivity index (χ4n) is 1.99. The first kappa shape index (κ1) is 12.1. The molecule has 0 heterocycles. The number of methoxy groups -OCH3 is 1. The lowest BCUT2D eigenvalue weighted by Gasteiger charge is -2.35. The van der Waals surface area contributed by atoms with Crippen LogP contribution in [0.15, 0.2) is 18.2 Å². The van der Waals surface area contributed by atoms with Crippen LogP contribution in [0.4, 0.5) is 20.2 Å². The standard InChI is InChI=1S/C12H16F2N2O/c1-17-9-5-8(6-9)16-11-3-2-7(15)4-10(11)12(13)14/h2-4,8-9,12,16H,5-6,15H2,1H3. The van der Waals surface area contributed by atoms with E-state index in [-0.39, 0.29) is 17.7 Å². The molecule has 1 aliphatic carbocycles. The molecular formula is C12H16F2N2O. The Morgan fingerprint density at radius 1 is 1.41 bits per heavy atom. The minimum Gasteiger partial charge on any atom is -0.399 e. The molecule has 0 amide bonds. The summed E-state index contributed by atoms with van der Waals surface area (Å²) in [5, 5.41) is 3.10. The molecule has 0 aromatic heterocycles. The number of benzene rings is 1. The highest BCUT2D eigenvalue weighted by Crippen LogP contribution is 2.32. The smallest absolute Gasteiger partial charge is 0.265 e. The number of nitrogens with two attached hydrogens (primary N) is 1. The van der Waals surface area contributed by atoms with E-state index >= 15 is 0 Å². The maximum atomic E-state index is 12.8. The molecule has 0 atom stereocenters. The van der Waals surface area contributed by atoms with Gasteiger partial charge < -0.3 is 15.8 Å². The first-order valence-electron chi connectivity index (χ1n) is 5.57. The minimum atomic E-state index is -2.51. The van der Waals surface area contributed by atoms with E-state index in [1.807, 2.05) is 0 Å². The molecule has 1 aliphatic rings. The van der Waals surface area contributed by atoms with Crippen LogP contribution in [-0.4, -0.2) is 19.3 Å². The van der Waals surface area contributed by atoms with E-state index in [9.17, 15) is 8.78 Å². The largest absolute Gasteiger partial charge is 0.399 e. The van der Waals surface area contributed by atoms with Crippen molar-refractivity contribution in [1.29, 1.82) is 0 Å². The minimum absolute atomic E-state index is 0.0362. The maximum Gasteiger partial charge on any atom is 0.265 e. The van der Waals surface area contributed by atoms with Crippen LogP contribution in [0, 0.1) is 0 Å². The molecule has 1 saturated carbocycles. The van der Waals surface area contributed by atoms with Crippen LogP contribution in [0.2, 0.25) is 0 Å². The van der Waals surface area contributed by atoms with Crippen LogP contribution in [0.3, 0.4) is 0 Å². The normalized spacial score (nSPS) is 23.5. The molecule has 0 spiro atoms. The summed E-state index contributed by atoms with van der Waals surface area (Å²) in [4.78, 5) is 0. The van der Waals surface area contributed by atoms with E-state index in [1.165, 1.54) is 6.07 Å². The van der Waals surface area contributed by atoms with E-state index in [0.717, 1.165) is 12.8 Å². The second kappa shape index (κ2) is 4.87. The zero-order chi connectivity index (χ0) is 12.4. The molecule has 0 bridgehead atoms. The summed E-state index contributed by atoms with van der Waals surface area (Å²) in [6.07, 6.45) is -0.566. The molecule has 3 nitrogen and oxygen atoms in total. The summed E-state index contributed by atoms with van der Waals surface area (Å²) in [5.41, 5.74) is 6.29. The van der Waals surface area contributed by atoms with Gasteiger partial charge in [0.1, 0.15) is 0 Å². The Balaban J connectivity index is 2.05. The lowest BCUT2D eigenvalue weighted by Crippen LogP contribution is -2.40. The van der Waals surface area contributed by atoms with Crippen molar-refractivity contribution in [3.8, 4) is 0 Å². The summed E-state index contributed by atoms with van der Waals surface area (Å²) in [5.74, 6) is 0. The average molecular weight is 242 g/mol. The molecule has 1 aromatic rings. The molecule has 0 aliphatic heterocycles. The number of hydrogen-bond donors (Lipinski definition) is 2. The lowest BCUT2D eigenvalue weighted by atomic mass is 9.89. The van der Waals surface area contributed by atoms with Crippen molar-refractivity contribution in [2.24, 2.45) is 0 Å². The van der Waals surface area contributed by atoms with Crippen LogP contribution in [0.1, 0.15) is 24.8 Å². The Labute approximate surface area is 98.9 Å². The van der Waals surface area contributed by atoms with E-state index in [0.29, 0.717) is 11.4 Å². The van der Waals surface area contributed by atoms with Crippen molar-refractivity contribution in [2.45, 2.75) is 31.4 Å². The molecule has 0 unspecified atom stereocenters. The average Bonchev–Trinajstić information content (AvgIpc) is 2.24. The molecule has 17 heavy (non-hydrogen) atoms. The highest BCUT2D eigenvalue weighted by atomic mass is 19.3. The zero-order valence-electron chi connectivity index (χ0n) is 9.62. The van der Waals surface area contributed by atoms with Crippen LogP contribution in [-0.2, 0) is 4.74 Å². The van der Waals surface area contributed by atoms with Gasteiger partial charge in [-0.15, -0.1) is 0 Å². The number of rotatable bonds is 4. The fourth-order valence-corrected chi connectivity index (χ4v) is 1.99. The summed E-state index contributed by atoms with van der Waals surface area (Å²) in [7, 11) is 1.66. The summed E-state index contributed by atoms with van der Waals surface area (Å²) in [6.45, 7) is 0. The number of anilines is 2. The van der Waals surface area contributed by atoms with Gasteiger partial charge in [-0.05, 0) is 31.0 Å². The maximum absolute atomic E-state index is 12.8. The monoisotopic (exact) mass is 242 g/mol. The molecule has 3 N–H and O–H groups in total. The Bertz CT molecular complexity index is 392. The highest BCUT2D eigenvalue weighted by Gasteiger charge is 2.29. The van der Waals surface area contributed by atoms with Gasteiger partial charge in [0.25, 0.3) is 6.43 Å². The van der Waals surface area contributed by atoms with Gasteiger partial charge in [-0.3, -0.25) is 0 Å². The molecular weight excluding hydrogens is 226 g/mol. The number of hydrogen-bond acceptors (Lipinski definition) is 3. The Hall–Kier alpha value is -1.36. The van der Waals surface area contributed by atoms with E-state index in [1.54, 1.807) is 19.2 Å². The van der Waals surface area contributed by atoms with Gasteiger partial charge in [0.05, 0.1) is 6.10 Å². The number of alkyl halides is 2. The second-order valence-corrected chi connectivity index (χ2v) is 4.32. The summed E-state index contributed by atoms with van der Waals surface area (Å²) < 4.78 is 30.7. The van der Waals surface area contributed by atoms with Crippen molar-refractivity contribution in [3.63, 3.8) is 0 Å². The van der Waals surface area contributed by atoms with Crippen molar-refractivity contribution in [3.05, 3.63) is 23.8 Å². The number of nitrogens with one attached hydrogen (secondary N) is 1. The van der Waals surface area contributed by atoms with E-state index < -0.39 is 6.43 Å². The number of halogens is 2. The van der Waals surface area contributed by atoms with Crippen molar-refractivity contribution < 1.29 is 13.5 Å². The molecule has 1 aromatic carbocycles. The van der Waals surface area contributed by atoms with Gasteiger partial charge in [-0.25, -0.2) is 8.78 Å².